The lowest BCUT2D eigenvalue weighted by Gasteiger charge is -2.40. The highest BCUT2D eigenvalue weighted by molar-refractivity contribution is 6.08. The van der Waals surface area contributed by atoms with Gasteiger partial charge in [-0.15, -0.1) is 0 Å². The fourth-order valence-corrected chi connectivity index (χ4v) is 7.63. The Kier molecular flexibility index (Phi) is 11.3. The number of alkyl halides is 3. The topological polar surface area (TPSA) is 171 Å². The summed E-state index contributed by atoms with van der Waals surface area (Å²) in [6, 6.07) is 10.3. The first-order chi connectivity index (χ1) is 27.5. The van der Waals surface area contributed by atoms with Crippen LogP contribution in [0.2, 0.25) is 0 Å². The number of carbonyl (C=O) groups is 4. The predicted octanol–water partition coefficient (Wildman–Crippen LogP) is 5.43. The first-order valence-electron chi connectivity index (χ1n) is 19.2. The number of nitrogens with zero attached hydrogens (tertiary/aromatic N) is 5. The zero-order chi connectivity index (χ0) is 41.4. The van der Waals surface area contributed by atoms with Crippen molar-refractivity contribution in [2.24, 2.45) is 0 Å². The number of nitrogens with one attached hydrogen (secondary N) is 3. The van der Waals surface area contributed by atoms with Gasteiger partial charge >= 0.3 is 6.18 Å². The van der Waals surface area contributed by atoms with Gasteiger partial charge in [0.05, 0.1) is 40.9 Å². The Hall–Kier alpha value is -5.78. The number of ether oxygens (including phenoxy) is 1. The average molecular weight is 809 g/mol. The smallest absolute Gasteiger partial charge is 0.433 e. The molecule has 5 heterocycles. The van der Waals surface area contributed by atoms with E-state index >= 15 is 4.39 Å². The van der Waals surface area contributed by atoms with Crippen LogP contribution in [0.4, 0.5) is 34.8 Å². The molecule has 14 nitrogen and oxygen atoms in total. The van der Waals surface area contributed by atoms with E-state index in [2.05, 4.69) is 20.9 Å². The van der Waals surface area contributed by atoms with Gasteiger partial charge in [-0.05, 0) is 82.3 Å². The van der Waals surface area contributed by atoms with E-state index in [0.29, 0.717) is 67.7 Å². The molecular weight excluding hydrogens is 764 g/mol. The Morgan fingerprint density at radius 3 is 2.45 bits per heavy atom. The fourth-order valence-electron chi connectivity index (χ4n) is 7.63. The Morgan fingerprint density at radius 2 is 1.78 bits per heavy atom. The minimum Gasteiger partial charge on any atom is -0.490 e. The van der Waals surface area contributed by atoms with Gasteiger partial charge in [-0.3, -0.25) is 29.2 Å². The fraction of sp³-hybridized carbons (Fsp3) is 0.450. The molecule has 0 aliphatic carbocycles. The van der Waals surface area contributed by atoms with Crippen LogP contribution in [0, 0.1) is 5.82 Å². The number of piperidine rings is 3. The van der Waals surface area contributed by atoms with Crippen LogP contribution in [-0.2, 0) is 20.6 Å². The van der Waals surface area contributed by atoms with Crippen molar-refractivity contribution >= 4 is 51.7 Å². The van der Waals surface area contributed by atoms with Gasteiger partial charge in [0.2, 0.25) is 17.7 Å². The van der Waals surface area contributed by atoms with Gasteiger partial charge < -0.3 is 30.3 Å². The number of aliphatic hydroxyl groups is 1. The standard InChI is InChI=1S/C40H44F4N8O6/c1-23(2)58-32-20-30-24(18-27(32)37(55)47-34-5-3-4-33(46-34)40(42,43)44)22-52(49-30)26-10-14-51(15-11-26)36(54)21-39(57)12-16-50(17-13-39)31-8-6-25(19-28(31)41)45-29-7-9-35(53)48-38(29)56/h3-6,8,18-20,22-23,26,29,45,57H,7,9-17,21H2,1-2H3,(H,46,47,55)(H,48,53,56). The van der Waals surface area contributed by atoms with E-state index in [-0.39, 0.29) is 66.8 Å². The molecule has 4 N–H and O–H groups in total. The molecule has 3 saturated heterocycles. The molecule has 0 spiro atoms. The molecule has 2 aromatic heterocycles. The van der Waals surface area contributed by atoms with Crippen molar-refractivity contribution in [3.63, 3.8) is 0 Å². The molecule has 1 unspecified atom stereocenters. The number of likely N-dealkylation sites (tertiary alicyclic amines) is 1. The predicted molar refractivity (Wildman–Crippen MR) is 205 cm³/mol. The van der Waals surface area contributed by atoms with Crippen molar-refractivity contribution < 1.29 is 46.6 Å². The van der Waals surface area contributed by atoms with E-state index in [0.717, 1.165) is 12.1 Å². The molecule has 0 bridgehead atoms. The molecule has 58 heavy (non-hydrogen) atoms. The van der Waals surface area contributed by atoms with Crippen LogP contribution in [0.25, 0.3) is 10.9 Å². The van der Waals surface area contributed by atoms with Crippen molar-refractivity contribution in [3.8, 4) is 5.75 Å². The number of hydrogen-bond acceptors (Lipinski definition) is 10. The number of benzene rings is 2. The Morgan fingerprint density at radius 1 is 1.03 bits per heavy atom. The van der Waals surface area contributed by atoms with Crippen LogP contribution in [0.3, 0.4) is 0 Å². The lowest BCUT2D eigenvalue weighted by atomic mass is 9.87. The number of carbonyl (C=O) groups excluding carboxylic acids is 4. The number of halogens is 4. The lowest BCUT2D eigenvalue weighted by molar-refractivity contribution is -0.141. The first-order valence-corrected chi connectivity index (χ1v) is 19.2. The van der Waals surface area contributed by atoms with Gasteiger partial charge in [0.15, 0.2) is 0 Å². The van der Waals surface area contributed by atoms with Crippen molar-refractivity contribution in [2.45, 2.75) is 88.8 Å². The average Bonchev–Trinajstić information content (AvgIpc) is 3.59. The van der Waals surface area contributed by atoms with Gasteiger partial charge in [-0.2, -0.15) is 18.3 Å². The second-order valence-corrected chi connectivity index (χ2v) is 15.4. The van der Waals surface area contributed by atoms with Crippen molar-refractivity contribution in [1.29, 1.82) is 0 Å². The van der Waals surface area contributed by atoms with Crippen LogP contribution in [0.15, 0.2) is 54.7 Å². The van der Waals surface area contributed by atoms with Crippen LogP contribution < -0.4 is 25.6 Å². The van der Waals surface area contributed by atoms with E-state index in [9.17, 15) is 37.5 Å². The van der Waals surface area contributed by atoms with Crippen molar-refractivity contribution in [3.05, 3.63) is 71.8 Å². The molecule has 0 radical (unpaired) electrons. The van der Waals surface area contributed by atoms with Crippen LogP contribution >= 0.6 is 0 Å². The molecule has 18 heteroatoms. The van der Waals surface area contributed by atoms with Gasteiger partial charge in [-0.25, -0.2) is 9.37 Å². The second-order valence-electron chi connectivity index (χ2n) is 15.4. The quantitative estimate of drug-likeness (QED) is 0.120. The van der Waals surface area contributed by atoms with E-state index in [4.69, 9.17) is 9.84 Å². The lowest BCUT2D eigenvalue weighted by Crippen LogP contribution is -2.49. The summed E-state index contributed by atoms with van der Waals surface area (Å²) >= 11 is 0. The summed E-state index contributed by atoms with van der Waals surface area (Å²) in [6.07, 6.45) is -1.04. The monoisotopic (exact) mass is 808 g/mol. The Labute approximate surface area is 330 Å². The highest BCUT2D eigenvalue weighted by Crippen LogP contribution is 2.34. The minimum absolute atomic E-state index is 0.0616. The third kappa shape index (κ3) is 9.16. The molecule has 308 valence electrons. The van der Waals surface area contributed by atoms with Gasteiger partial charge in [0, 0.05) is 55.9 Å². The Bertz CT molecular complexity index is 2210. The first kappa shape index (κ1) is 40.4. The minimum atomic E-state index is -4.68. The summed E-state index contributed by atoms with van der Waals surface area (Å²) in [5.74, 6) is -2.19. The van der Waals surface area contributed by atoms with Crippen LogP contribution in [0.1, 0.15) is 80.9 Å². The normalized spacial score (nSPS) is 19.0. The van der Waals surface area contributed by atoms with E-state index in [1.165, 1.54) is 12.1 Å². The van der Waals surface area contributed by atoms with E-state index in [1.807, 2.05) is 4.90 Å². The van der Waals surface area contributed by atoms with E-state index in [1.54, 1.807) is 53.9 Å². The maximum Gasteiger partial charge on any atom is 0.433 e. The number of imide groups is 1. The van der Waals surface area contributed by atoms with Crippen molar-refractivity contribution in [2.75, 3.05) is 41.7 Å². The summed E-state index contributed by atoms with van der Waals surface area (Å²) < 4.78 is 62.6. The largest absolute Gasteiger partial charge is 0.490 e. The summed E-state index contributed by atoms with van der Waals surface area (Å²) in [5, 5.41) is 24.5. The molecule has 4 aromatic rings. The molecule has 3 aliphatic rings. The molecule has 2 aromatic carbocycles. The number of hydrogen-bond donors (Lipinski definition) is 4. The number of aromatic nitrogens is 3. The molecular formula is C40H44F4N8O6. The number of anilines is 3. The zero-order valence-electron chi connectivity index (χ0n) is 31.9. The Balaban J connectivity index is 0.934. The van der Waals surface area contributed by atoms with E-state index < -0.39 is 41.1 Å². The SMILES string of the molecule is CC(C)Oc1cc2nn(C3CCN(C(=O)CC4(O)CCN(c5ccc(NC6CCC(=O)NC6=O)cc5F)CC4)CC3)cc2cc1C(=O)Nc1cccc(C(F)(F)F)n1. The highest BCUT2D eigenvalue weighted by Gasteiger charge is 2.38. The number of rotatable bonds is 10. The van der Waals surface area contributed by atoms with Crippen LogP contribution in [-0.4, -0.2) is 92.3 Å². The summed E-state index contributed by atoms with van der Waals surface area (Å²) in [4.78, 5) is 57.4. The second kappa shape index (κ2) is 16.2. The van der Waals surface area contributed by atoms with Gasteiger partial charge in [-0.1, -0.05) is 6.07 Å². The zero-order valence-corrected chi connectivity index (χ0v) is 31.9. The molecule has 4 amide bonds. The number of pyridine rings is 1. The third-order valence-corrected chi connectivity index (χ3v) is 10.7. The maximum absolute atomic E-state index is 15.2. The third-order valence-electron chi connectivity index (χ3n) is 10.7. The molecule has 3 aliphatic heterocycles. The highest BCUT2D eigenvalue weighted by atomic mass is 19.4. The number of fused-ring (bicyclic) bond motifs is 1. The summed E-state index contributed by atoms with van der Waals surface area (Å²) in [7, 11) is 0. The molecule has 1 atom stereocenters. The van der Waals surface area contributed by atoms with Gasteiger partial charge in [0.1, 0.15) is 29.1 Å². The van der Waals surface area contributed by atoms with Crippen molar-refractivity contribution in [1.82, 2.24) is 25.0 Å². The van der Waals surface area contributed by atoms with Gasteiger partial charge in [0.25, 0.3) is 5.91 Å². The van der Waals surface area contributed by atoms with Crippen LogP contribution in [0.5, 0.6) is 5.75 Å². The molecule has 3 fully saturated rings. The maximum atomic E-state index is 15.2. The molecule has 0 saturated carbocycles. The summed E-state index contributed by atoms with van der Waals surface area (Å²) in [6.45, 7) is 5.11. The number of amides is 4. The molecule has 7 rings (SSSR count). The summed E-state index contributed by atoms with van der Waals surface area (Å²) in [5.41, 5.74) is -0.956.